The molecule has 122 heavy (non-hydrogen) atoms. The number of hydrogen-bond acceptors (Lipinski definition) is 15. The molecule has 15 rings (SSSR count). The van der Waals surface area contributed by atoms with Crippen LogP contribution in [0.4, 0.5) is 11.4 Å². The van der Waals surface area contributed by atoms with Crippen molar-refractivity contribution in [2.45, 2.75) is 81.6 Å². The summed E-state index contributed by atoms with van der Waals surface area (Å²) >= 11 is 19.7. The minimum absolute atomic E-state index is 0. The maximum absolute atomic E-state index is 9.19. The Kier molecular flexibility index (Phi) is 50.1. The monoisotopic (exact) mass is 1880 g/mol. The van der Waals surface area contributed by atoms with Gasteiger partial charge in [-0.1, -0.05) is 265 Å². The molecule has 3 heterocycles. The van der Waals surface area contributed by atoms with Crippen LogP contribution in [0.2, 0.25) is 0 Å². The molecule has 4 bridgehead atoms. The first-order valence-corrected chi connectivity index (χ1v) is 46.5. The zero-order valence-corrected chi connectivity index (χ0v) is 74.6. The van der Waals surface area contributed by atoms with E-state index in [1.54, 1.807) is 0 Å². The number of para-hydroxylation sites is 2. The Bertz CT molecular complexity index is 5580. The van der Waals surface area contributed by atoms with Crippen molar-refractivity contribution in [3.05, 3.63) is 364 Å². The standard InChI is InChI=1S/C46H36ClS2.C22H21ClN2.C18H15S.C2H6.2CH4O3S.3CH4.2ClH.3O3S/c47-46-40(25-21-32-27-42(34-13-5-1-6-14-34)48-43(28-32)35-15-7-2-8-16-35)38-23-24-39(31-38)41(46)26-22-33-29-44(36-17-9-3-10-18-36)49-45(30-33)37-19-11-4-12-20-37;23-22-20(14-24-18-7-3-1-4-8-18)16-11-12-17(13-16)21(22)15-25-19-9-5-2-6-10-19;1-14-12-17(15-8-4-2-5-9-15)19-18(13-14)16-10-6-3-7-11-16;1-2;2*1-5(2,3)4;;;;;;3*1-4(2)3/h1-22,25-30,38-39H,23-24,31H2;1-10,14-17,24H,11-13H2;2-13H,1H3;1-2H3;2*1H3,(H,2,3,4);3*1H4;2*1H;;;/q+1;;+1;;;;;;;;;;;/p-1/b;20-14+,25-15?;;;;;;;;;;;;. The Morgan fingerprint density at radius 1 is 0.426 bits per heavy atom. The van der Waals surface area contributed by atoms with E-state index in [-0.39, 0.29) is 47.1 Å². The molecule has 4 aliphatic carbocycles. The first-order chi connectivity index (χ1) is 56.0. The van der Waals surface area contributed by atoms with Crippen molar-refractivity contribution in [2.24, 2.45) is 23.7 Å². The summed E-state index contributed by atoms with van der Waals surface area (Å²) in [6, 6.07) is 93.5. The van der Waals surface area contributed by atoms with Crippen molar-refractivity contribution in [1.29, 1.82) is 0 Å². The molecule has 4 unspecified atom stereocenters. The number of benzene rings is 8. The van der Waals surface area contributed by atoms with E-state index < -0.39 is 52.1 Å². The topological polar surface area (TPSA) is 288 Å². The first kappa shape index (κ1) is 109. The molecule has 4 N–H and O–H groups in total. The van der Waals surface area contributed by atoms with Gasteiger partial charge in [0.1, 0.15) is 0 Å². The maximum atomic E-state index is 9.19. The summed E-state index contributed by atoms with van der Waals surface area (Å²) in [5.41, 5.74) is 18.4. The summed E-state index contributed by atoms with van der Waals surface area (Å²) in [6.45, 7) is 6.16. The summed E-state index contributed by atoms with van der Waals surface area (Å²) in [4.78, 5) is 11.1. The van der Waals surface area contributed by atoms with Crippen LogP contribution < -0.4 is 35.1 Å². The molecule has 2 fully saturated rings. The van der Waals surface area contributed by atoms with Crippen LogP contribution in [0.5, 0.6) is 0 Å². The fourth-order valence-electron chi connectivity index (χ4n) is 13.0. The lowest BCUT2D eigenvalue weighted by atomic mass is 9.84. The number of fused-ring (bicyclic) bond motifs is 4. The largest absolute Gasteiger partial charge is 1.00 e. The zero-order chi connectivity index (χ0) is 84.9. The van der Waals surface area contributed by atoms with Gasteiger partial charge in [0.2, 0.25) is 47.9 Å². The van der Waals surface area contributed by atoms with Gasteiger partial charge in [-0.15, -0.1) is 37.9 Å². The van der Waals surface area contributed by atoms with Gasteiger partial charge in [-0.25, -0.2) is 4.99 Å². The predicted molar refractivity (Wildman–Crippen MR) is 500 cm³/mol. The van der Waals surface area contributed by atoms with Crippen LogP contribution in [0.1, 0.15) is 96.9 Å². The van der Waals surface area contributed by atoms with Crippen LogP contribution in [-0.4, -0.2) is 82.5 Å². The summed E-state index contributed by atoms with van der Waals surface area (Å²) in [5, 5.41) is 5.25. The summed E-state index contributed by atoms with van der Waals surface area (Å²) in [5.74, 6) is 2.16. The molecular formula is C93H99Cl4N2O15S8+. The number of nitrogens with one attached hydrogen (secondary N) is 2. The Morgan fingerprint density at radius 3 is 1.08 bits per heavy atom. The Morgan fingerprint density at radius 2 is 0.721 bits per heavy atom. The number of allylic oxidation sites excluding steroid dienone is 12. The van der Waals surface area contributed by atoms with Gasteiger partial charge in [0.15, 0.2) is 6.21 Å². The first-order valence-electron chi connectivity index (χ1n) is 36.6. The minimum Gasteiger partial charge on any atom is -1.00 e. The lowest BCUT2D eigenvalue weighted by Crippen LogP contribution is -3.00. The van der Waals surface area contributed by atoms with Crippen molar-refractivity contribution in [1.82, 2.24) is 0 Å². The third-order valence-electron chi connectivity index (χ3n) is 17.8. The van der Waals surface area contributed by atoms with Crippen molar-refractivity contribution >= 4 is 143 Å². The molecule has 2 aromatic heterocycles. The second-order valence-electron chi connectivity index (χ2n) is 26.2. The Labute approximate surface area is 758 Å². The molecule has 17 nitrogen and oxygen atoms in total. The number of anilines is 1. The van der Waals surface area contributed by atoms with Gasteiger partial charge in [-0.05, 0) is 186 Å². The fraction of sp³-hybridized carbons (Fsp3) is 0.194. The highest BCUT2D eigenvalue weighted by Crippen LogP contribution is 2.52. The van der Waals surface area contributed by atoms with E-state index in [0.29, 0.717) is 36.2 Å². The van der Waals surface area contributed by atoms with E-state index in [0.717, 1.165) is 21.4 Å². The number of rotatable bonds is 13. The van der Waals surface area contributed by atoms with E-state index in [1.165, 1.54) is 140 Å². The van der Waals surface area contributed by atoms with Gasteiger partial charge in [0.05, 0.1) is 17.5 Å². The van der Waals surface area contributed by atoms with Crippen LogP contribution in [-0.2, 0) is 52.1 Å². The third kappa shape index (κ3) is 38.9. The zero-order valence-electron chi connectivity index (χ0n) is 65.1. The van der Waals surface area contributed by atoms with Crippen LogP contribution in [0, 0.1) is 30.6 Å². The molecule has 1 aliphatic heterocycles. The van der Waals surface area contributed by atoms with Gasteiger partial charge in [-0.3, -0.25) is 9.11 Å². The predicted octanol–water partition coefficient (Wildman–Crippen LogP) is 17.0. The highest BCUT2D eigenvalue weighted by molar-refractivity contribution is 8.16. The number of thioether (sulfide) groups is 1. The lowest BCUT2D eigenvalue weighted by molar-refractivity contribution is -0.347. The highest BCUT2D eigenvalue weighted by Gasteiger charge is 2.39. The molecule has 0 amide bonds. The maximum Gasteiger partial charge on any atom is 0.425 e. The highest BCUT2D eigenvalue weighted by atomic mass is 35.5. The Hall–Kier alpha value is -9.52. The molecule has 0 saturated heterocycles. The second-order valence-corrected chi connectivity index (χ2v) is 34.4. The van der Waals surface area contributed by atoms with Crippen molar-refractivity contribution in [3.63, 3.8) is 0 Å². The van der Waals surface area contributed by atoms with Crippen LogP contribution in [0.25, 0.3) is 57.6 Å². The van der Waals surface area contributed by atoms with E-state index in [4.69, 9.17) is 70.2 Å². The molecule has 0 radical (unpaired) electrons. The van der Waals surface area contributed by atoms with Crippen molar-refractivity contribution < 1.29 is 93.6 Å². The number of hydrogen-bond donors (Lipinski definition) is 4. The molecule has 0 spiro atoms. The van der Waals surface area contributed by atoms with E-state index >= 15 is 0 Å². The van der Waals surface area contributed by atoms with Gasteiger partial charge in [0, 0.05) is 91.0 Å². The van der Waals surface area contributed by atoms with Gasteiger partial charge in [0.25, 0.3) is 20.2 Å². The third-order valence-corrected chi connectivity index (χ3v) is 22.1. The van der Waals surface area contributed by atoms with E-state index in [2.05, 4.69) is 297 Å². The van der Waals surface area contributed by atoms with Crippen molar-refractivity contribution in [3.8, 4) is 41.8 Å². The normalized spacial score (nSPS) is 16.1. The molecule has 29 heteroatoms. The number of halogens is 4. The van der Waals surface area contributed by atoms with Crippen LogP contribution in [0.15, 0.2) is 341 Å². The quantitative estimate of drug-likeness (QED) is 0.0474. The molecule has 646 valence electrons. The van der Waals surface area contributed by atoms with E-state index in [1.807, 2.05) is 84.7 Å². The Balaban J connectivity index is 0.000000579. The average Bonchev–Trinajstić information content (AvgIpc) is 1.66. The van der Waals surface area contributed by atoms with Gasteiger partial charge >= 0.3 is 31.8 Å². The summed E-state index contributed by atoms with van der Waals surface area (Å²) < 4.78 is 128. The van der Waals surface area contributed by atoms with Crippen molar-refractivity contribution in [2.75, 3.05) is 17.8 Å². The summed E-state index contributed by atoms with van der Waals surface area (Å²) in [7, 11) is -16.7. The summed E-state index contributed by atoms with van der Waals surface area (Å²) in [6.07, 6.45) is 26.6. The minimum atomic E-state index is -3.67. The van der Waals surface area contributed by atoms with E-state index in [9.17, 15) is 16.8 Å². The number of aryl methyl sites for hydroxylation is 1. The van der Waals surface area contributed by atoms with Gasteiger partial charge < -0.3 is 30.1 Å². The molecule has 8 aromatic carbocycles. The molecule has 2 saturated carbocycles. The second kappa shape index (κ2) is 56.3. The smallest absolute Gasteiger partial charge is 0.425 e. The molecule has 5 aliphatic rings. The fourth-order valence-corrected chi connectivity index (χ4v) is 17.4. The van der Waals surface area contributed by atoms with Gasteiger partial charge in [-0.2, -0.15) is 16.8 Å². The van der Waals surface area contributed by atoms with Crippen LogP contribution >= 0.6 is 57.6 Å². The molecule has 4 atom stereocenters. The molecule has 10 aromatic rings. The average molecular weight is 1880 g/mol. The van der Waals surface area contributed by atoms with Crippen LogP contribution in [0.3, 0.4) is 0 Å². The molecular weight excluding hydrogens is 1780 g/mol. The SMILES string of the molecule is C.C.C.CC.CS(=O)(=O)O.CS(=O)(=O)O.Cc1cc(-c2ccccc2)[s+]c(-c2ccccc2)c1.ClC1=C(/C=C/c2cc(-c3ccccc3)[s+]c(-c3ccccc3)c2)C2CCC(C2)/C1=C\C=C1C=C(c2ccccc2)SC(c2ccccc2)=C1.ClC1=C(C=[NH+]c2ccccc2)C2CCC(C2)/C1=C\Nc1ccccc1.O=S(=O)=O.O=S(=O)=O.O=S(=O)=O.[Cl-].[Cl-]. The lowest BCUT2D eigenvalue weighted by Gasteiger charge is -2.24.